The molecular weight excluding hydrogens is 509 g/mol. The average Bonchev–Trinajstić information content (AvgIpc) is 3.20. The van der Waals surface area contributed by atoms with Crippen molar-refractivity contribution in [2.24, 2.45) is 0 Å². The number of nitrogens with zero attached hydrogens (tertiary/aromatic N) is 1. The molecule has 31 heavy (non-hydrogen) atoms. The summed E-state index contributed by atoms with van der Waals surface area (Å²) in [6, 6.07) is 15.8. The van der Waals surface area contributed by atoms with Gasteiger partial charge in [0.2, 0.25) is 0 Å². The number of aryl methyl sites for hydroxylation is 1. The molecule has 158 valence electrons. The van der Waals surface area contributed by atoms with Gasteiger partial charge in [-0.1, -0.05) is 12.7 Å². The van der Waals surface area contributed by atoms with Crippen LogP contribution >= 0.6 is 22.6 Å². The van der Waals surface area contributed by atoms with Crippen LogP contribution in [0.1, 0.15) is 38.4 Å². The molecule has 0 bridgehead atoms. The lowest BCUT2D eigenvalue weighted by molar-refractivity contribution is 0.0466. The van der Waals surface area contributed by atoms with Crippen LogP contribution < -0.4 is 15.5 Å². The zero-order valence-electron chi connectivity index (χ0n) is 16.7. The Morgan fingerprint density at radius 1 is 1.26 bits per heavy atom. The molecule has 2 N–H and O–H groups in total. The number of carbonyl (C=O) groups excluding carboxylic acids is 2. The van der Waals surface area contributed by atoms with Crippen molar-refractivity contribution in [3.8, 4) is 5.75 Å². The molecule has 0 radical (unpaired) electrons. The van der Waals surface area contributed by atoms with E-state index < -0.39 is 12.1 Å². The minimum absolute atomic E-state index is 0.328. The summed E-state index contributed by atoms with van der Waals surface area (Å²) in [7, 11) is 0. The number of hydrogen-bond donors (Lipinski definition) is 2. The summed E-state index contributed by atoms with van der Waals surface area (Å²) in [5.74, 6) is 1.10. The standard InChI is InChI=1S/C23H20IN3O4/c1-3-12-30-17-8-5-15(6-9-17)22(28)26-27-21(20-11-4-14(2)31-20)25-19-10-7-16(24)13-18(19)23(27)29/h3-11,13,21,25H,1,12H2,2H3,(H,26,28)/t21-/m0/s1. The molecule has 1 aromatic heterocycles. The van der Waals surface area contributed by atoms with Gasteiger partial charge in [0.15, 0.2) is 6.17 Å². The highest BCUT2D eigenvalue weighted by Crippen LogP contribution is 2.33. The van der Waals surface area contributed by atoms with Crippen molar-refractivity contribution < 1.29 is 18.7 Å². The van der Waals surface area contributed by atoms with Gasteiger partial charge in [-0.25, -0.2) is 5.01 Å². The highest BCUT2D eigenvalue weighted by molar-refractivity contribution is 14.1. The van der Waals surface area contributed by atoms with E-state index in [1.807, 2.05) is 25.1 Å². The van der Waals surface area contributed by atoms with Crippen LogP contribution in [-0.2, 0) is 0 Å². The fraction of sp³-hybridized carbons (Fsp3) is 0.130. The summed E-state index contributed by atoms with van der Waals surface area (Å²) in [6.45, 7) is 5.81. The van der Waals surface area contributed by atoms with Gasteiger partial charge in [0.1, 0.15) is 23.9 Å². The molecule has 7 nitrogen and oxygen atoms in total. The van der Waals surface area contributed by atoms with Gasteiger partial charge in [-0.15, -0.1) is 0 Å². The third-order valence-corrected chi connectivity index (χ3v) is 5.39. The second-order valence-electron chi connectivity index (χ2n) is 6.93. The molecule has 0 unspecified atom stereocenters. The van der Waals surface area contributed by atoms with Gasteiger partial charge in [0.05, 0.1) is 5.56 Å². The van der Waals surface area contributed by atoms with Crippen molar-refractivity contribution in [1.82, 2.24) is 10.4 Å². The first kappa shape index (κ1) is 21.0. The van der Waals surface area contributed by atoms with Crippen molar-refractivity contribution in [3.63, 3.8) is 0 Å². The monoisotopic (exact) mass is 529 g/mol. The first-order chi connectivity index (χ1) is 15.0. The number of hydrazine groups is 1. The third-order valence-electron chi connectivity index (χ3n) is 4.72. The summed E-state index contributed by atoms with van der Waals surface area (Å²) in [6.07, 6.45) is 0.957. The number of rotatable bonds is 6. The Morgan fingerprint density at radius 3 is 2.71 bits per heavy atom. The maximum atomic E-state index is 13.3. The van der Waals surface area contributed by atoms with Gasteiger partial charge in [-0.05, 0) is 84.1 Å². The average molecular weight is 529 g/mol. The SMILES string of the molecule is C=CCOc1ccc(C(=O)NN2C(=O)c3cc(I)ccc3N[C@@H]2c2ccc(C)o2)cc1. The second-order valence-corrected chi connectivity index (χ2v) is 8.17. The van der Waals surface area contributed by atoms with Gasteiger partial charge in [-0.3, -0.25) is 15.0 Å². The Hall–Kier alpha value is -3.27. The molecular formula is C23H20IN3O4. The van der Waals surface area contributed by atoms with E-state index in [1.165, 1.54) is 5.01 Å². The number of furan rings is 1. The van der Waals surface area contributed by atoms with Crippen LogP contribution in [-0.4, -0.2) is 23.4 Å². The van der Waals surface area contributed by atoms with Gasteiger partial charge in [-0.2, -0.15) is 0 Å². The summed E-state index contributed by atoms with van der Waals surface area (Å²) in [5, 5.41) is 4.55. The molecule has 2 amide bonds. The van der Waals surface area contributed by atoms with Gasteiger partial charge < -0.3 is 14.5 Å². The first-order valence-electron chi connectivity index (χ1n) is 9.57. The van der Waals surface area contributed by atoms with Crippen LogP contribution in [0.2, 0.25) is 0 Å². The molecule has 1 aliphatic rings. The Kier molecular flexibility index (Phi) is 5.99. The lowest BCUT2D eigenvalue weighted by Gasteiger charge is -2.36. The van der Waals surface area contributed by atoms with E-state index in [0.29, 0.717) is 40.7 Å². The molecule has 4 rings (SSSR count). The topological polar surface area (TPSA) is 83.8 Å². The van der Waals surface area contributed by atoms with Gasteiger partial charge >= 0.3 is 0 Å². The maximum absolute atomic E-state index is 13.3. The van der Waals surface area contributed by atoms with Crippen molar-refractivity contribution in [2.45, 2.75) is 13.1 Å². The molecule has 2 aromatic carbocycles. The number of halogens is 1. The van der Waals surface area contributed by atoms with Gasteiger partial charge in [0, 0.05) is 14.8 Å². The fourth-order valence-electron chi connectivity index (χ4n) is 3.22. The number of carbonyl (C=O) groups is 2. The number of ether oxygens (including phenoxy) is 1. The number of amides is 2. The van der Waals surface area contributed by atoms with Crippen LogP contribution in [0.3, 0.4) is 0 Å². The number of fused-ring (bicyclic) bond motifs is 1. The summed E-state index contributed by atoms with van der Waals surface area (Å²) < 4.78 is 12.1. The molecule has 2 heterocycles. The van der Waals surface area contributed by atoms with Crippen LogP contribution in [0, 0.1) is 10.5 Å². The van der Waals surface area contributed by atoms with E-state index in [4.69, 9.17) is 9.15 Å². The van der Waals surface area contributed by atoms with Crippen molar-refractivity contribution in [1.29, 1.82) is 0 Å². The Bertz CT molecular complexity index is 1140. The molecule has 1 aliphatic heterocycles. The van der Waals surface area contributed by atoms with Crippen LogP contribution in [0.25, 0.3) is 0 Å². The molecule has 0 saturated heterocycles. The quantitative estimate of drug-likeness (QED) is 0.359. The lowest BCUT2D eigenvalue weighted by atomic mass is 10.1. The van der Waals surface area contributed by atoms with Crippen LogP contribution in [0.15, 0.2) is 71.7 Å². The highest BCUT2D eigenvalue weighted by Gasteiger charge is 2.36. The minimum Gasteiger partial charge on any atom is -0.490 e. The second kappa shape index (κ2) is 8.84. The number of benzene rings is 2. The van der Waals surface area contributed by atoms with E-state index in [9.17, 15) is 9.59 Å². The van der Waals surface area contributed by atoms with Crippen LogP contribution in [0.4, 0.5) is 5.69 Å². The van der Waals surface area contributed by atoms with E-state index in [2.05, 4.69) is 39.9 Å². The lowest BCUT2D eigenvalue weighted by Crippen LogP contribution is -2.52. The third kappa shape index (κ3) is 4.43. The first-order valence-corrected chi connectivity index (χ1v) is 10.6. The molecule has 0 saturated carbocycles. The highest BCUT2D eigenvalue weighted by atomic mass is 127. The predicted octanol–water partition coefficient (Wildman–Crippen LogP) is 4.67. The van der Waals surface area contributed by atoms with Gasteiger partial charge in [0.25, 0.3) is 11.8 Å². The summed E-state index contributed by atoms with van der Waals surface area (Å²) in [4.78, 5) is 26.2. The number of anilines is 1. The number of hydrogen-bond acceptors (Lipinski definition) is 5. The van der Waals surface area contributed by atoms with E-state index in [1.54, 1.807) is 42.5 Å². The Labute approximate surface area is 193 Å². The summed E-state index contributed by atoms with van der Waals surface area (Å²) in [5.41, 5.74) is 4.27. The maximum Gasteiger partial charge on any atom is 0.276 e. The smallest absolute Gasteiger partial charge is 0.276 e. The largest absolute Gasteiger partial charge is 0.490 e. The molecule has 0 fully saturated rings. The normalized spacial score (nSPS) is 15.1. The molecule has 1 atom stereocenters. The minimum atomic E-state index is -0.687. The van der Waals surface area contributed by atoms with E-state index in [0.717, 1.165) is 3.57 Å². The molecule has 3 aromatic rings. The van der Waals surface area contributed by atoms with E-state index in [-0.39, 0.29) is 5.91 Å². The molecule has 8 heteroatoms. The van der Waals surface area contributed by atoms with E-state index >= 15 is 0 Å². The zero-order valence-corrected chi connectivity index (χ0v) is 18.9. The Balaban J connectivity index is 1.62. The predicted molar refractivity (Wildman–Crippen MR) is 125 cm³/mol. The zero-order chi connectivity index (χ0) is 22.0. The van der Waals surface area contributed by atoms with Crippen LogP contribution in [0.5, 0.6) is 5.75 Å². The Morgan fingerprint density at radius 2 is 2.03 bits per heavy atom. The van der Waals surface area contributed by atoms with Crippen molar-refractivity contribution in [3.05, 3.63) is 93.5 Å². The molecule has 0 aliphatic carbocycles. The summed E-state index contributed by atoms with van der Waals surface area (Å²) >= 11 is 2.15. The van der Waals surface area contributed by atoms with Crippen molar-refractivity contribution >= 4 is 40.1 Å². The fourth-order valence-corrected chi connectivity index (χ4v) is 3.72. The molecule has 0 spiro atoms. The number of nitrogens with one attached hydrogen (secondary N) is 2. The van der Waals surface area contributed by atoms with Crippen molar-refractivity contribution in [2.75, 3.05) is 11.9 Å².